The van der Waals surface area contributed by atoms with Gasteiger partial charge in [0.25, 0.3) is 0 Å². The van der Waals surface area contributed by atoms with Crippen molar-refractivity contribution in [3.63, 3.8) is 0 Å². The lowest BCUT2D eigenvalue weighted by Gasteiger charge is -2.21. The molecule has 0 saturated carbocycles. The van der Waals surface area contributed by atoms with Crippen LogP contribution in [0.1, 0.15) is 401 Å². The summed E-state index contributed by atoms with van der Waals surface area (Å²) in [6.07, 6.45) is 58.5. The summed E-state index contributed by atoms with van der Waals surface area (Å²) < 4.78 is 68.4. The van der Waals surface area contributed by atoms with Crippen molar-refractivity contribution in [1.29, 1.82) is 0 Å². The smallest absolute Gasteiger partial charge is 0.462 e. The summed E-state index contributed by atoms with van der Waals surface area (Å²) in [6.45, 7) is 7.20. The van der Waals surface area contributed by atoms with Gasteiger partial charge in [-0.15, -0.1) is 0 Å². The van der Waals surface area contributed by atoms with E-state index in [2.05, 4.69) is 34.6 Å². The largest absolute Gasteiger partial charge is 0.472 e. The zero-order chi connectivity index (χ0) is 69.8. The van der Waals surface area contributed by atoms with Crippen LogP contribution in [0.2, 0.25) is 0 Å². The summed E-state index contributed by atoms with van der Waals surface area (Å²) in [7, 11) is -9.91. The van der Waals surface area contributed by atoms with Crippen LogP contribution < -0.4 is 0 Å². The normalized spacial score (nSPS) is 13.9. The highest BCUT2D eigenvalue weighted by molar-refractivity contribution is 7.47. The number of ether oxygens (including phenoxy) is 4. The fraction of sp³-hybridized carbons (Fsp3) is 0.947. The topological polar surface area (TPSA) is 237 Å². The molecule has 0 aromatic heterocycles. The lowest BCUT2D eigenvalue weighted by atomic mass is 10.0. The minimum Gasteiger partial charge on any atom is -0.462 e. The number of phosphoric acid groups is 2. The van der Waals surface area contributed by atoms with E-state index < -0.39 is 97.5 Å². The molecule has 0 aliphatic carbocycles. The summed E-state index contributed by atoms with van der Waals surface area (Å²) in [4.78, 5) is 72.7. The van der Waals surface area contributed by atoms with Crippen molar-refractivity contribution in [3.05, 3.63) is 0 Å². The fourth-order valence-electron chi connectivity index (χ4n) is 11.7. The van der Waals surface area contributed by atoms with Gasteiger partial charge in [0.1, 0.15) is 19.3 Å². The van der Waals surface area contributed by atoms with Crippen LogP contribution in [0.3, 0.4) is 0 Å². The number of aliphatic hydroxyl groups excluding tert-OH is 1. The molecule has 564 valence electrons. The van der Waals surface area contributed by atoms with Gasteiger partial charge in [0.05, 0.1) is 26.4 Å². The summed E-state index contributed by atoms with van der Waals surface area (Å²) >= 11 is 0. The molecule has 19 heteroatoms. The number of carbonyl (C=O) groups is 4. The molecule has 0 aliphatic heterocycles. The molecular formula is C76H148O17P2. The van der Waals surface area contributed by atoms with Crippen LogP contribution in [0.25, 0.3) is 0 Å². The highest BCUT2D eigenvalue weighted by Gasteiger charge is 2.30. The lowest BCUT2D eigenvalue weighted by Crippen LogP contribution is -2.30. The highest BCUT2D eigenvalue weighted by Crippen LogP contribution is 2.45. The van der Waals surface area contributed by atoms with Crippen molar-refractivity contribution in [2.45, 2.75) is 419 Å². The molecule has 0 saturated heterocycles. The Morgan fingerprint density at radius 2 is 0.484 bits per heavy atom. The van der Waals surface area contributed by atoms with E-state index in [0.29, 0.717) is 31.6 Å². The Balaban J connectivity index is 5.20. The number of rotatable bonds is 76. The Kier molecular flexibility index (Phi) is 67.7. The molecule has 0 amide bonds. The summed E-state index contributed by atoms with van der Waals surface area (Å²) in [5.41, 5.74) is 0. The van der Waals surface area contributed by atoms with Crippen molar-refractivity contribution < 1.29 is 80.2 Å². The summed E-state index contributed by atoms with van der Waals surface area (Å²) in [5.74, 6) is -1.44. The molecular weight excluding hydrogens is 1250 g/mol. The summed E-state index contributed by atoms with van der Waals surface area (Å²) in [6, 6.07) is 0. The molecule has 0 aromatic rings. The van der Waals surface area contributed by atoms with Crippen LogP contribution in [-0.4, -0.2) is 96.7 Å². The van der Waals surface area contributed by atoms with Gasteiger partial charge in [0.2, 0.25) is 0 Å². The van der Waals surface area contributed by atoms with Gasteiger partial charge >= 0.3 is 39.5 Å². The van der Waals surface area contributed by atoms with E-state index in [0.717, 1.165) is 96.3 Å². The maximum absolute atomic E-state index is 13.1. The first-order valence-electron chi connectivity index (χ1n) is 39.6. The molecule has 0 heterocycles. The second-order valence-electron chi connectivity index (χ2n) is 27.9. The Labute approximate surface area is 581 Å². The van der Waals surface area contributed by atoms with Crippen LogP contribution in [0.5, 0.6) is 0 Å². The minimum absolute atomic E-state index is 0.106. The van der Waals surface area contributed by atoms with Crippen molar-refractivity contribution in [3.8, 4) is 0 Å². The molecule has 3 N–H and O–H groups in total. The third-order valence-corrected chi connectivity index (χ3v) is 19.7. The molecule has 2 unspecified atom stereocenters. The Morgan fingerprint density at radius 1 is 0.284 bits per heavy atom. The van der Waals surface area contributed by atoms with Gasteiger partial charge in [-0.3, -0.25) is 37.3 Å². The molecule has 0 radical (unpaired) electrons. The first kappa shape index (κ1) is 93.1. The predicted octanol–water partition coefficient (Wildman–Crippen LogP) is 22.5. The van der Waals surface area contributed by atoms with Crippen LogP contribution in [0.15, 0.2) is 0 Å². The zero-order valence-corrected chi connectivity index (χ0v) is 63.6. The third-order valence-electron chi connectivity index (χ3n) is 17.8. The third kappa shape index (κ3) is 70.3. The number of esters is 4. The molecule has 0 rings (SSSR count). The van der Waals surface area contributed by atoms with Gasteiger partial charge in [-0.1, -0.05) is 349 Å². The molecule has 0 aliphatic rings. The van der Waals surface area contributed by atoms with E-state index in [1.165, 1.54) is 218 Å². The van der Waals surface area contributed by atoms with Crippen LogP contribution in [-0.2, 0) is 65.4 Å². The van der Waals surface area contributed by atoms with Crippen LogP contribution >= 0.6 is 15.6 Å². The highest BCUT2D eigenvalue weighted by atomic mass is 31.2. The van der Waals surface area contributed by atoms with Crippen molar-refractivity contribution in [2.24, 2.45) is 5.92 Å². The van der Waals surface area contributed by atoms with Gasteiger partial charge in [-0.05, 0) is 31.6 Å². The van der Waals surface area contributed by atoms with E-state index in [1.54, 1.807) is 0 Å². The molecule has 0 bridgehead atoms. The van der Waals surface area contributed by atoms with Crippen LogP contribution in [0.4, 0.5) is 0 Å². The number of phosphoric ester groups is 2. The SMILES string of the molecule is CCCCCCCCCCCCCCCCCCCCC(=O)OC[C@H](COP(=O)(O)OC[C@@H](O)COP(=O)(O)OC[C@@H](COC(=O)CCCCCCCCC(C)C)OC(=O)CCCCCCCCCCCC)OC(=O)CCCCCCCCCCCCCCCCCCCC. The van der Waals surface area contributed by atoms with E-state index in [4.69, 9.17) is 37.0 Å². The molecule has 0 spiro atoms. The number of hydrogen-bond donors (Lipinski definition) is 3. The second-order valence-corrected chi connectivity index (χ2v) is 30.8. The quantitative estimate of drug-likeness (QED) is 0.0222. The molecule has 0 aromatic carbocycles. The molecule has 95 heavy (non-hydrogen) atoms. The monoisotopic (exact) mass is 1400 g/mol. The Morgan fingerprint density at radius 3 is 0.716 bits per heavy atom. The first-order chi connectivity index (χ1) is 46.0. The Bertz CT molecular complexity index is 1820. The maximum Gasteiger partial charge on any atom is 0.472 e. The van der Waals surface area contributed by atoms with E-state index >= 15 is 0 Å². The number of hydrogen-bond acceptors (Lipinski definition) is 15. The molecule has 0 fully saturated rings. The van der Waals surface area contributed by atoms with Gasteiger partial charge in [-0.2, -0.15) is 0 Å². The average Bonchev–Trinajstić information content (AvgIpc) is 2.10. The standard InChI is InChI=1S/C76H148O17P2/c1-6-9-12-15-18-21-24-26-28-30-32-34-36-38-41-43-49-54-59-73(78)86-65-71(92-76(81)62-57-52-45-42-39-37-35-33-31-29-27-25-22-19-16-13-10-7-2)67-90-94(82,83)88-63-70(77)64-89-95(84,85)91-68-72(66-87-74(79)60-55-50-47-46-48-53-58-69(4)5)93-75(80)61-56-51-44-40-23-20-17-14-11-8-3/h69-72,77H,6-68H2,1-5H3,(H,82,83)(H,84,85)/t70-,71-,72-/m1/s1. The second kappa shape index (κ2) is 69.2. The van der Waals surface area contributed by atoms with Gasteiger partial charge in [0.15, 0.2) is 12.2 Å². The average molecular weight is 1400 g/mol. The minimum atomic E-state index is -4.96. The fourth-order valence-corrected chi connectivity index (χ4v) is 13.3. The Hall–Kier alpha value is -1.94. The lowest BCUT2D eigenvalue weighted by molar-refractivity contribution is -0.161. The predicted molar refractivity (Wildman–Crippen MR) is 386 cm³/mol. The first-order valence-corrected chi connectivity index (χ1v) is 42.6. The number of aliphatic hydroxyl groups is 1. The van der Waals surface area contributed by atoms with E-state index in [-0.39, 0.29) is 25.7 Å². The van der Waals surface area contributed by atoms with Crippen LogP contribution in [0, 0.1) is 5.92 Å². The number of unbranched alkanes of at least 4 members (excludes halogenated alkanes) is 48. The van der Waals surface area contributed by atoms with Gasteiger partial charge in [-0.25, -0.2) is 9.13 Å². The van der Waals surface area contributed by atoms with Crippen molar-refractivity contribution in [1.82, 2.24) is 0 Å². The van der Waals surface area contributed by atoms with E-state index in [9.17, 15) is 43.2 Å². The van der Waals surface area contributed by atoms with E-state index in [1.807, 2.05) is 0 Å². The number of carbonyl (C=O) groups excluding carboxylic acids is 4. The molecule has 5 atom stereocenters. The molecule has 17 nitrogen and oxygen atoms in total. The van der Waals surface area contributed by atoms with Crippen molar-refractivity contribution >= 4 is 39.5 Å². The zero-order valence-electron chi connectivity index (χ0n) is 61.8. The van der Waals surface area contributed by atoms with Crippen molar-refractivity contribution in [2.75, 3.05) is 39.6 Å². The van der Waals surface area contributed by atoms with Gasteiger partial charge < -0.3 is 33.8 Å². The summed E-state index contributed by atoms with van der Waals surface area (Å²) in [5, 5.41) is 10.6. The van der Waals surface area contributed by atoms with Gasteiger partial charge in [0, 0.05) is 25.7 Å². The maximum atomic E-state index is 13.1.